The van der Waals surface area contributed by atoms with Crippen molar-refractivity contribution in [3.8, 4) is 5.75 Å². The molecule has 0 aliphatic carbocycles. The zero-order chi connectivity index (χ0) is 17.7. The van der Waals surface area contributed by atoms with Gasteiger partial charge in [0.05, 0.1) is 16.8 Å². The van der Waals surface area contributed by atoms with E-state index in [1.807, 2.05) is 32.9 Å². The summed E-state index contributed by atoms with van der Waals surface area (Å²) in [5, 5.41) is 13.0. The number of carbonyl (C=O) groups excluding carboxylic acids is 1. The summed E-state index contributed by atoms with van der Waals surface area (Å²) >= 11 is 6.18. The minimum absolute atomic E-state index is 0.112. The highest BCUT2D eigenvalue weighted by Crippen LogP contribution is 2.27. The van der Waals surface area contributed by atoms with Crippen LogP contribution >= 0.6 is 11.6 Å². The van der Waals surface area contributed by atoms with Gasteiger partial charge < -0.3 is 15.2 Å². The summed E-state index contributed by atoms with van der Waals surface area (Å²) in [4.78, 5) is 12.1. The van der Waals surface area contributed by atoms with Crippen LogP contribution in [-0.2, 0) is 4.79 Å². The minimum atomic E-state index is -0.478. The van der Waals surface area contributed by atoms with Gasteiger partial charge >= 0.3 is 0 Å². The number of amides is 1. The normalized spacial score (nSPS) is 11.9. The summed E-state index contributed by atoms with van der Waals surface area (Å²) in [5.41, 5.74) is 3.39. The number of carbonyl (C=O) groups is 1. The van der Waals surface area contributed by atoms with E-state index in [0.717, 1.165) is 16.7 Å². The molecule has 128 valence electrons. The van der Waals surface area contributed by atoms with Crippen molar-refractivity contribution in [3.63, 3.8) is 0 Å². The molecule has 0 radical (unpaired) electrons. The second-order valence-electron chi connectivity index (χ2n) is 5.77. The molecule has 0 fully saturated rings. The average molecular weight is 348 g/mol. The topological polar surface area (TPSA) is 58.6 Å². The van der Waals surface area contributed by atoms with Gasteiger partial charge in [-0.1, -0.05) is 36.7 Å². The maximum Gasteiger partial charge on any atom is 0.262 e. The predicted octanol–water partition coefficient (Wildman–Crippen LogP) is 4.42. The Kier molecular flexibility index (Phi) is 6.23. The Labute approximate surface area is 147 Å². The van der Waals surface area contributed by atoms with Crippen molar-refractivity contribution in [1.82, 2.24) is 0 Å². The lowest BCUT2D eigenvalue weighted by atomic mass is 10.1. The number of ether oxygens (including phenoxy) is 1. The second-order valence-corrected chi connectivity index (χ2v) is 6.18. The van der Waals surface area contributed by atoms with E-state index in [1.165, 1.54) is 0 Å². The predicted molar refractivity (Wildman–Crippen MR) is 96.7 cm³/mol. The van der Waals surface area contributed by atoms with Crippen LogP contribution in [0.5, 0.6) is 5.75 Å². The number of anilines is 1. The van der Waals surface area contributed by atoms with Gasteiger partial charge in [0.2, 0.25) is 0 Å². The molecule has 1 unspecified atom stereocenters. The monoisotopic (exact) mass is 347 g/mol. The molecule has 2 N–H and O–H groups in total. The number of hydrogen-bond donors (Lipinski definition) is 2. The third-order valence-corrected chi connectivity index (χ3v) is 4.02. The first-order valence-corrected chi connectivity index (χ1v) is 8.26. The first-order valence-electron chi connectivity index (χ1n) is 7.88. The molecule has 4 nitrogen and oxygen atoms in total. The molecule has 2 aromatic rings. The van der Waals surface area contributed by atoms with Gasteiger partial charge in [0.1, 0.15) is 5.75 Å². The second kappa shape index (κ2) is 8.18. The van der Waals surface area contributed by atoms with E-state index < -0.39 is 6.10 Å². The number of aliphatic hydroxyl groups excluding tert-OH is 1. The number of rotatable bonds is 6. The highest BCUT2D eigenvalue weighted by Gasteiger charge is 2.10. The molecule has 2 rings (SSSR count). The molecule has 0 saturated carbocycles. The molecule has 24 heavy (non-hydrogen) atoms. The first-order chi connectivity index (χ1) is 11.4. The Bertz CT molecular complexity index is 690. The molecule has 0 saturated heterocycles. The fourth-order valence-corrected chi connectivity index (χ4v) is 2.79. The van der Waals surface area contributed by atoms with E-state index in [2.05, 4.69) is 5.32 Å². The highest BCUT2D eigenvalue weighted by atomic mass is 35.5. The van der Waals surface area contributed by atoms with Gasteiger partial charge in [0.25, 0.3) is 5.91 Å². The number of aliphatic hydroxyl groups is 1. The molecule has 1 atom stereocenters. The Hall–Kier alpha value is -2.04. The third-order valence-electron chi connectivity index (χ3n) is 3.72. The third kappa shape index (κ3) is 4.73. The van der Waals surface area contributed by atoms with E-state index in [0.29, 0.717) is 22.9 Å². The molecule has 0 heterocycles. The lowest BCUT2D eigenvalue weighted by molar-refractivity contribution is -0.118. The first kappa shape index (κ1) is 18.3. The summed E-state index contributed by atoms with van der Waals surface area (Å²) in [7, 11) is 0. The van der Waals surface area contributed by atoms with Crippen LogP contribution in [0.15, 0.2) is 36.4 Å². The van der Waals surface area contributed by atoms with Crippen molar-refractivity contribution >= 4 is 23.2 Å². The van der Waals surface area contributed by atoms with Crippen molar-refractivity contribution in [2.75, 3.05) is 11.9 Å². The van der Waals surface area contributed by atoms with Crippen molar-refractivity contribution < 1.29 is 14.6 Å². The zero-order valence-corrected chi connectivity index (χ0v) is 14.9. The van der Waals surface area contributed by atoms with Gasteiger partial charge in [-0.15, -0.1) is 0 Å². The minimum Gasteiger partial charge on any atom is -0.484 e. The van der Waals surface area contributed by atoms with Crippen molar-refractivity contribution in [3.05, 3.63) is 58.1 Å². The van der Waals surface area contributed by atoms with Gasteiger partial charge in [-0.3, -0.25) is 4.79 Å². The van der Waals surface area contributed by atoms with Gasteiger partial charge in [-0.25, -0.2) is 0 Å². The zero-order valence-electron chi connectivity index (χ0n) is 14.1. The lowest BCUT2D eigenvalue weighted by Gasteiger charge is -2.13. The molecule has 1 amide bonds. The molecule has 0 bridgehead atoms. The fraction of sp³-hybridized carbons (Fsp3) is 0.316. The van der Waals surface area contributed by atoms with E-state index in [-0.39, 0.29) is 12.5 Å². The largest absolute Gasteiger partial charge is 0.484 e. The van der Waals surface area contributed by atoms with E-state index >= 15 is 0 Å². The summed E-state index contributed by atoms with van der Waals surface area (Å²) in [6.45, 7) is 5.65. The molecular formula is C19H22ClNO3. The van der Waals surface area contributed by atoms with Crippen molar-refractivity contribution in [1.29, 1.82) is 0 Å². The average Bonchev–Trinajstić information content (AvgIpc) is 2.56. The SMILES string of the molecule is CCC(O)c1ccc(OCC(=O)Nc2c(C)cc(C)cc2Cl)cc1. The molecular weight excluding hydrogens is 326 g/mol. The smallest absolute Gasteiger partial charge is 0.262 e. The number of aryl methyl sites for hydroxylation is 2. The lowest BCUT2D eigenvalue weighted by Crippen LogP contribution is -2.21. The Morgan fingerprint density at radius 1 is 1.25 bits per heavy atom. The summed E-state index contributed by atoms with van der Waals surface area (Å²) < 4.78 is 5.48. The maximum atomic E-state index is 12.1. The molecule has 0 aliphatic rings. The number of halogens is 1. The fourth-order valence-electron chi connectivity index (χ4n) is 2.42. The van der Waals surface area contributed by atoms with E-state index in [1.54, 1.807) is 24.3 Å². The highest BCUT2D eigenvalue weighted by molar-refractivity contribution is 6.34. The quantitative estimate of drug-likeness (QED) is 0.813. The van der Waals surface area contributed by atoms with Gasteiger partial charge in [0, 0.05) is 0 Å². The standard InChI is InChI=1S/C19H22ClNO3/c1-4-17(22)14-5-7-15(8-6-14)24-11-18(23)21-19-13(3)9-12(2)10-16(19)20/h5-10,17,22H,4,11H2,1-3H3,(H,21,23). The number of hydrogen-bond acceptors (Lipinski definition) is 3. The Morgan fingerprint density at radius 2 is 1.92 bits per heavy atom. The number of nitrogens with one attached hydrogen (secondary N) is 1. The number of benzene rings is 2. The Balaban J connectivity index is 1.94. The maximum absolute atomic E-state index is 12.1. The van der Waals surface area contributed by atoms with Crippen LogP contribution in [0.2, 0.25) is 5.02 Å². The Morgan fingerprint density at radius 3 is 2.50 bits per heavy atom. The van der Waals surface area contributed by atoms with Crippen LogP contribution in [0.3, 0.4) is 0 Å². The van der Waals surface area contributed by atoms with E-state index in [9.17, 15) is 9.90 Å². The van der Waals surface area contributed by atoms with Gasteiger partial charge in [-0.05, 0) is 55.2 Å². The molecule has 0 aromatic heterocycles. The molecule has 0 spiro atoms. The summed E-state index contributed by atoms with van der Waals surface area (Å²) in [6, 6.07) is 10.8. The van der Waals surface area contributed by atoms with Crippen molar-refractivity contribution in [2.45, 2.75) is 33.3 Å². The van der Waals surface area contributed by atoms with E-state index in [4.69, 9.17) is 16.3 Å². The van der Waals surface area contributed by atoms with Gasteiger partial charge in [0.15, 0.2) is 6.61 Å². The van der Waals surface area contributed by atoms with Crippen LogP contribution in [0.1, 0.15) is 36.1 Å². The van der Waals surface area contributed by atoms with Crippen molar-refractivity contribution in [2.24, 2.45) is 0 Å². The van der Waals surface area contributed by atoms with Crippen LogP contribution in [0.4, 0.5) is 5.69 Å². The summed E-state index contributed by atoms with van der Waals surface area (Å²) in [5.74, 6) is 0.297. The van der Waals surface area contributed by atoms with Crippen LogP contribution < -0.4 is 10.1 Å². The summed E-state index contributed by atoms with van der Waals surface area (Å²) in [6.07, 6.45) is 0.174. The van der Waals surface area contributed by atoms with Crippen LogP contribution in [0.25, 0.3) is 0 Å². The van der Waals surface area contributed by atoms with Crippen LogP contribution in [-0.4, -0.2) is 17.6 Å². The van der Waals surface area contributed by atoms with Gasteiger partial charge in [-0.2, -0.15) is 0 Å². The van der Waals surface area contributed by atoms with Crippen LogP contribution in [0, 0.1) is 13.8 Å². The molecule has 0 aliphatic heterocycles. The molecule has 2 aromatic carbocycles. The molecule has 5 heteroatoms.